The molecule has 9 nitrogen and oxygen atoms in total. The third kappa shape index (κ3) is 4.84. The van der Waals surface area contributed by atoms with Crippen molar-refractivity contribution in [3.05, 3.63) is 91.2 Å². The zero-order valence-corrected chi connectivity index (χ0v) is 20.0. The van der Waals surface area contributed by atoms with Gasteiger partial charge in [0.2, 0.25) is 0 Å². The summed E-state index contributed by atoms with van der Waals surface area (Å²) in [7, 11) is 3.02. The molecule has 1 saturated heterocycles. The molecule has 186 valence electrons. The van der Waals surface area contributed by atoms with E-state index in [0.717, 1.165) is 15.7 Å². The van der Waals surface area contributed by atoms with Crippen molar-refractivity contribution in [2.75, 3.05) is 6.61 Å². The molecule has 0 bridgehead atoms. The lowest BCUT2D eigenvalue weighted by Gasteiger charge is -2.40. The monoisotopic (exact) mass is 502 g/mol. The second-order valence-corrected chi connectivity index (χ2v) is 9.18. The van der Waals surface area contributed by atoms with E-state index in [9.17, 15) is 30.0 Å². The summed E-state index contributed by atoms with van der Waals surface area (Å²) in [4.78, 5) is 24.5. The van der Waals surface area contributed by atoms with E-state index < -0.39 is 42.8 Å². The van der Waals surface area contributed by atoms with Crippen molar-refractivity contribution >= 4 is 11.6 Å². The molecule has 0 aliphatic carbocycles. The molecule has 2 aromatic carbocycles. The molecule has 0 saturated carbocycles. The van der Waals surface area contributed by atoms with Gasteiger partial charge in [0.25, 0.3) is 5.56 Å². The van der Waals surface area contributed by atoms with E-state index in [-0.39, 0.29) is 5.56 Å². The first-order valence-electron chi connectivity index (χ1n) is 11.1. The Morgan fingerprint density at radius 1 is 0.971 bits per heavy atom. The first kappa shape index (κ1) is 25.3. The summed E-state index contributed by atoms with van der Waals surface area (Å²) in [5.74, 6) is 0. The third-order valence-corrected chi connectivity index (χ3v) is 6.77. The Kier molecular flexibility index (Phi) is 7.27. The number of aromatic nitrogens is 2. The number of aliphatic hydroxyl groups is 4. The van der Waals surface area contributed by atoms with E-state index in [1.807, 2.05) is 12.1 Å². The Bertz CT molecular complexity index is 1330. The van der Waals surface area contributed by atoms with E-state index in [4.69, 9.17) is 16.3 Å². The number of rotatable bonds is 5. The molecule has 1 fully saturated rings. The molecule has 0 radical (unpaired) electrons. The maximum absolute atomic E-state index is 12.5. The van der Waals surface area contributed by atoms with Crippen molar-refractivity contribution < 1.29 is 25.2 Å². The zero-order chi connectivity index (χ0) is 25.4. The quantitative estimate of drug-likeness (QED) is 0.399. The van der Waals surface area contributed by atoms with Gasteiger partial charge in [-0.25, -0.2) is 4.79 Å². The minimum atomic E-state index is -1.47. The van der Waals surface area contributed by atoms with Crippen LogP contribution in [-0.2, 0) is 25.3 Å². The average molecular weight is 503 g/mol. The van der Waals surface area contributed by atoms with Crippen LogP contribution in [0.15, 0.2) is 58.3 Å². The number of benzene rings is 2. The van der Waals surface area contributed by atoms with Crippen LogP contribution in [0.25, 0.3) is 11.1 Å². The highest BCUT2D eigenvalue weighted by Crippen LogP contribution is 2.34. The highest BCUT2D eigenvalue weighted by Gasteiger charge is 2.44. The minimum Gasteiger partial charge on any atom is -0.394 e. The molecule has 2 heterocycles. The van der Waals surface area contributed by atoms with Gasteiger partial charge < -0.3 is 29.7 Å². The molecule has 35 heavy (non-hydrogen) atoms. The van der Waals surface area contributed by atoms with Crippen molar-refractivity contribution in [1.82, 2.24) is 9.13 Å². The predicted molar refractivity (Wildman–Crippen MR) is 129 cm³/mol. The van der Waals surface area contributed by atoms with Crippen LogP contribution >= 0.6 is 11.6 Å². The fourth-order valence-corrected chi connectivity index (χ4v) is 4.50. The first-order chi connectivity index (χ1) is 16.6. The standard InChI is InChI=1S/C25H27ClN2O7/c1-27-11-17(24(33)28(2)25(27)34)14-5-3-13(4-6-14)9-16-10-15(7-8-18(16)26)23-22(32)21(31)20(30)19(12-29)35-23/h3-8,10-11,19-23,29-32H,9,12H2,1-2H3/t19-,20-,21+,22-,23+/m1/s1. The van der Waals surface area contributed by atoms with Gasteiger partial charge in [-0.2, -0.15) is 0 Å². The normalized spacial score (nSPS) is 24.5. The second-order valence-electron chi connectivity index (χ2n) is 8.77. The second kappa shape index (κ2) is 10.1. The lowest BCUT2D eigenvalue weighted by molar-refractivity contribution is -0.231. The first-order valence-corrected chi connectivity index (χ1v) is 11.4. The molecule has 1 aliphatic rings. The van der Waals surface area contributed by atoms with E-state index in [2.05, 4.69) is 0 Å². The van der Waals surface area contributed by atoms with Gasteiger partial charge in [0, 0.05) is 25.3 Å². The van der Waals surface area contributed by atoms with Crippen LogP contribution in [0.3, 0.4) is 0 Å². The van der Waals surface area contributed by atoms with Crippen molar-refractivity contribution in [3.63, 3.8) is 0 Å². The Labute approximate surface area is 206 Å². The van der Waals surface area contributed by atoms with E-state index in [1.165, 1.54) is 17.8 Å². The highest BCUT2D eigenvalue weighted by molar-refractivity contribution is 6.31. The van der Waals surface area contributed by atoms with Crippen molar-refractivity contribution in [1.29, 1.82) is 0 Å². The van der Waals surface area contributed by atoms with Crippen LogP contribution < -0.4 is 11.2 Å². The number of nitrogens with zero attached hydrogens (tertiary/aromatic N) is 2. The van der Waals surface area contributed by atoms with Gasteiger partial charge in [-0.05, 0) is 34.7 Å². The van der Waals surface area contributed by atoms with E-state index in [0.29, 0.717) is 28.1 Å². The van der Waals surface area contributed by atoms with Crippen molar-refractivity contribution in [3.8, 4) is 11.1 Å². The van der Waals surface area contributed by atoms with E-state index in [1.54, 1.807) is 37.4 Å². The summed E-state index contributed by atoms with van der Waals surface area (Å²) in [5, 5.41) is 40.5. The Morgan fingerprint density at radius 2 is 1.66 bits per heavy atom. The zero-order valence-electron chi connectivity index (χ0n) is 19.2. The van der Waals surface area contributed by atoms with Gasteiger partial charge in [-0.1, -0.05) is 48.0 Å². The van der Waals surface area contributed by atoms with Gasteiger partial charge in [-0.15, -0.1) is 0 Å². The summed E-state index contributed by atoms with van der Waals surface area (Å²) < 4.78 is 8.08. The molecule has 1 aromatic heterocycles. The van der Waals surface area contributed by atoms with Crippen molar-refractivity contribution in [2.24, 2.45) is 14.1 Å². The molecule has 4 N–H and O–H groups in total. The molecular formula is C25H27ClN2O7. The largest absolute Gasteiger partial charge is 0.394 e. The molecule has 5 atom stereocenters. The maximum Gasteiger partial charge on any atom is 0.330 e. The summed E-state index contributed by atoms with van der Waals surface area (Å²) in [6.07, 6.45) is -4.29. The Balaban J connectivity index is 1.60. The summed E-state index contributed by atoms with van der Waals surface area (Å²) in [5.41, 5.74) is 2.50. The molecule has 0 unspecified atom stereocenters. The number of hydrogen-bond donors (Lipinski definition) is 4. The molecule has 4 rings (SSSR count). The molecular weight excluding hydrogens is 476 g/mol. The van der Waals surface area contributed by atoms with Crippen LogP contribution in [0.1, 0.15) is 22.8 Å². The number of halogens is 1. The van der Waals surface area contributed by atoms with Gasteiger partial charge >= 0.3 is 5.69 Å². The van der Waals surface area contributed by atoms with Gasteiger partial charge in [0.15, 0.2) is 0 Å². The maximum atomic E-state index is 12.5. The number of aryl methyl sites for hydroxylation is 1. The van der Waals surface area contributed by atoms with Crippen molar-refractivity contribution in [2.45, 2.75) is 36.9 Å². The molecule has 10 heteroatoms. The lowest BCUT2D eigenvalue weighted by Crippen LogP contribution is -2.55. The van der Waals surface area contributed by atoms with Gasteiger partial charge in [0.05, 0.1) is 12.2 Å². The van der Waals surface area contributed by atoms with Crippen LogP contribution in [0.2, 0.25) is 5.02 Å². The number of hydrogen-bond acceptors (Lipinski definition) is 7. The van der Waals surface area contributed by atoms with Crippen LogP contribution in [0.4, 0.5) is 0 Å². The summed E-state index contributed by atoms with van der Waals surface area (Å²) in [6, 6.07) is 12.4. The SMILES string of the molecule is Cn1cc(-c2ccc(Cc3cc([C@@H]4O[C@H](CO)[C@@H](O)[C@H](O)[C@H]4O)ccc3Cl)cc2)c(=O)n(C)c1=O. The Morgan fingerprint density at radius 3 is 2.31 bits per heavy atom. The predicted octanol–water partition coefficient (Wildman–Crippen LogP) is 0.510. The smallest absolute Gasteiger partial charge is 0.330 e. The number of ether oxygens (including phenoxy) is 1. The summed E-state index contributed by atoms with van der Waals surface area (Å²) in [6.45, 7) is -0.507. The Hall–Kier alpha value is -2.79. The molecule has 1 aliphatic heterocycles. The molecule has 0 amide bonds. The average Bonchev–Trinajstić information content (AvgIpc) is 2.86. The highest BCUT2D eigenvalue weighted by atomic mass is 35.5. The number of aliphatic hydroxyl groups excluding tert-OH is 4. The van der Waals surface area contributed by atoms with Crippen LogP contribution in [-0.4, -0.2) is 60.6 Å². The fourth-order valence-electron chi connectivity index (χ4n) is 4.31. The van der Waals surface area contributed by atoms with E-state index >= 15 is 0 Å². The fraction of sp³-hybridized carbons (Fsp3) is 0.360. The topological polar surface area (TPSA) is 134 Å². The van der Waals surface area contributed by atoms with Gasteiger partial charge in [-0.3, -0.25) is 9.36 Å². The lowest BCUT2D eigenvalue weighted by atomic mass is 9.90. The summed E-state index contributed by atoms with van der Waals surface area (Å²) >= 11 is 6.42. The minimum absolute atomic E-state index is 0.379. The van der Waals surface area contributed by atoms with Crippen LogP contribution in [0, 0.1) is 0 Å². The molecule has 3 aromatic rings. The molecule has 0 spiro atoms. The third-order valence-electron chi connectivity index (χ3n) is 6.40. The van der Waals surface area contributed by atoms with Gasteiger partial charge in [0.1, 0.15) is 30.5 Å². The van der Waals surface area contributed by atoms with Crippen LogP contribution in [0.5, 0.6) is 0 Å².